The summed E-state index contributed by atoms with van der Waals surface area (Å²) in [5.41, 5.74) is 2.32. The van der Waals surface area contributed by atoms with Crippen LogP contribution in [0.15, 0.2) is 59.2 Å². The van der Waals surface area contributed by atoms with Crippen LogP contribution in [0.25, 0.3) is 11.0 Å². The van der Waals surface area contributed by atoms with Crippen LogP contribution in [-0.4, -0.2) is 25.5 Å². The Morgan fingerprint density at radius 1 is 1.20 bits per heavy atom. The number of anilines is 1. The standard InChI is InChI=1S/C20H19FN2O2/c21-15-5-7-16(8-6-15)23-10-9-14(12-23)11-22-20(24)18-13-25-19-4-2-1-3-17(18)19/h1-8,13-14H,9-12H2,(H,22,24). The highest BCUT2D eigenvalue weighted by Crippen LogP contribution is 2.24. The van der Waals surface area contributed by atoms with Crippen LogP contribution in [0.3, 0.4) is 0 Å². The van der Waals surface area contributed by atoms with E-state index in [9.17, 15) is 9.18 Å². The first-order valence-corrected chi connectivity index (χ1v) is 8.45. The Morgan fingerprint density at radius 3 is 2.84 bits per heavy atom. The molecule has 0 aliphatic carbocycles. The summed E-state index contributed by atoms with van der Waals surface area (Å²) >= 11 is 0. The number of rotatable bonds is 4. The molecule has 25 heavy (non-hydrogen) atoms. The van der Waals surface area contributed by atoms with Gasteiger partial charge >= 0.3 is 0 Å². The molecule has 2 heterocycles. The second kappa shape index (κ2) is 6.59. The summed E-state index contributed by atoms with van der Waals surface area (Å²) in [6.45, 7) is 2.40. The summed E-state index contributed by atoms with van der Waals surface area (Å²) in [5, 5.41) is 3.85. The molecule has 0 bridgehead atoms. The molecule has 3 aromatic rings. The first-order chi connectivity index (χ1) is 12.2. The minimum absolute atomic E-state index is 0.106. The fraction of sp³-hybridized carbons (Fsp3) is 0.250. The number of hydrogen-bond donors (Lipinski definition) is 1. The smallest absolute Gasteiger partial charge is 0.255 e. The zero-order valence-corrected chi connectivity index (χ0v) is 13.7. The molecule has 4 nitrogen and oxygen atoms in total. The van der Waals surface area contributed by atoms with Gasteiger partial charge in [-0.2, -0.15) is 0 Å². The van der Waals surface area contributed by atoms with Crippen molar-refractivity contribution < 1.29 is 13.6 Å². The molecule has 1 aliphatic rings. The lowest BCUT2D eigenvalue weighted by Crippen LogP contribution is -2.30. The molecule has 1 atom stereocenters. The highest BCUT2D eigenvalue weighted by atomic mass is 19.1. The molecule has 0 radical (unpaired) electrons. The Morgan fingerprint density at radius 2 is 2.00 bits per heavy atom. The van der Waals surface area contributed by atoms with Crippen molar-refractivity contribution >= 4 is 22.6 Å². The van der Waals surface area contributed by atoms with E-state index in [2.05, 4.69) is 10.2 Å². The summed E-state index contributed by atoms with van der Waals surface area (Å²) < 4.78 is 18.5. The Hall–Kier alpha value is -2.82. The van der Waals surface area contributed by atoms with Gasteiger partial charge in [0, 0.05) is 30.7 Å². The molecule has 1 aliphatic heterocycles. The zero-order chi connectivity index (χ0) is 17.2. The van der Waals surface area contributed by atoms with Gasteiger partial charge in [-0.1, -0.05) is 18.2 Å². The fourth-order valence-electron chi connectivity index (χ4n) is 3.37. The summed E-state index contributed by atoms with van der Waals surface area (Å²) in [7, 11) is 0. The molecular formula is C20H19FN2O2. The van der Waals surface area contributed by atoms with Crippen LogP contribution in [0.5, 0.6) is 0 Å². The van der Waals surface area contributed by atoms with Gasteiger partial charge in [0.25, 0.3) is 5.91 Å². The number of amides is 1. The molecule has 2 aromatic carbocycles. The maximum absolute atomic E-state index is 13.0. The van der Waals surface area contributed by atoms with Gasteiger partial charge in [0.05, 0.1) is 5.56 Å². The van der Waals surface area contributed by atoms with E-state index in [1.165, 1.54) is 18.4 Å². The Balaban J connectivity index is 1.36. The topological polar surface area (TPSA) is 45.5 Å². The lowest BCUT2D eigenvalue weighted by atomic mass is 10.1. The molecule has 1 unspecified atom stereocenters. The summed E-state index contributed by atoms with van der Waals surface area (Å²) in [5.74, 6) is 0.0523. The van der Waals surface area contributed by atoms with Gasteiger partial charge in [0.1, 0.15) is 17.7 Å². The first kappa shape index (κ1) is 15.7. The molecule has 4 rings (SSSR count). The van der Waals surface area contributed by atoms with E-state index < -0.39 is 0 Å². The molecular weight excluding hydrogens is 319 g/mol. The molecule has 0 spiro atoms. The summed E-state index contributed by atoms with van der Waals surface area (Å²) in [6.07, 6.45) is 2.52. The molecule has 128 valence electrons. The van der Waals surface area contributed by atoms with Gasteiger partial charge in [-0.25, -0.2) is 4.39 Å². The van der Waals surface area contributed by atoms with Crippen LogP contribution in [0.4, 0.5) is 10.1 Å². The van der Waals surface area contributed by atoms with E-state index in [-0.39, 0.29) is 11.7 Å². The van der Waals surface area contributed by atoms with E-state index in [1.807, 2.05) is 24.3 Å². The number of carbonyl (C=O) groups is 1. The Bertz CT molecular complexity index is 888. The van der Waals surface area contributed by atoms with Crippen molar-refractivity contribution in [2.45, 2.75) is 6.42 Å². The van der Waals surface area contributed by atoms with Crippen molar-refractivity contribution in [1.29, 1.82) is 0 Å². The van der Waals surface area contributed by atoms with Gasteiger partial charge in [0.15, 0.2) is 0 Å². The number of nitrogens with one attached hydrogen (secondary N) is 1. The van der Waals surface area contributed by atoms with E-state index >= 15 is 0 Å². The average molecular weight is 338 g/mol. The number of hydrogen-bond acceptors (Lipinski definition) is 3. The average Bonchev–Trinajstić information content (AvgIpc) is 3.27. The van der Waals surface area contributed by atoms with Crippen LogP contribution in [0, 0.1) is 11.7 Å². The van der Waals surface area contributed by atoms with Gasteiger partial charge in [0.2, 0.25) is 0 Å². The monoisotopic (exact) mass is 338 g/mol. The van der Waals surface area contributed by atoms with Crippen LogP contribution in [-0.2, 0) is 0 Å². The SMILES string of the molecule is O=C(NCC1CCN(c2ccc(F)cc2)C1)c1coc2ccccc12. The van der Waals surface area contributed by atoms with Crippen molar-refractivity contribution in [1.82, 2.24) is 5.32 Å². The lowest BCUT2D eigenvalue weighted by molar-refractivity contribution is 0.0949. The highest BCUT2D eigenvalue weighted by Gasteiger charge is 2.24. The van der Waals surface area contributed by atoms with E-state index in [0.29, 0.717) is 18.0 Å². The number of benzene rings is 2. The third-order valence-corrected chi connectivity index (χ3v) is 4.75. The predicted octanol–water partition coefficient (Wildman–Crippen LogP) is 3.83. The number of fused-ring (bicyclic) bond motifs is 1. The highest BCUT2D eigenvalue weighted by molar-refractivity contribution is 6.05. The van der Waals surface area contributed by atoms with Gasteiger partial charge in [-0.15, -0.1) is 0 Å². The van der Waals surface area contributed by atoms with E-state index in [1.54, 1.807) is 12.1 Å². The molecule has 1 N–H and O–H groups in total. The van der Waals surface area contributed by atoms with Crippen molar-refractivity contribution in [2.75, 3.05) is 24.5 Å². The Labute approximate surface area is 145 Å². The van der Waals surface area contributed by atoms with Crippen LogP contribution in [0.1, 0.15) is 16.8 Å². The number of nitrogens with zero attached hydrogens (tertiary/aromatic N) is 1. The second-order valence-corrected chi connectivity index (χ2v) is 6.43. The number of carbonyl (C=O) groups excluding carboxylic acids is 1. The van der Waals surface area contributed by atoms with Crippen molar-refractivity contribution in [3.8, 4) is 0 Å². The second-order valence-electron chi connectivity index (χ2n) is 6.43. The first-order valence-electron chi connectivity index (χ1n) is 8.45. The van der Waals surface area contributed by atoms with Crippen LogP contribution in [0.2, 0.25) is 0 Å². The van der Waals surface area contributed by atoms with E-state index in [0.717, 1.165) is 36.2 Å². The third-order valence-electron chi connectivity index (χ3n) is 4.75. The lowest BCUT2D eigenvalue weighted by Gasteiger charge is -2.18. The zero-order valence-electron chi connectivity index (χ0n) is 13.7. The number of para-hydroxylation sites is 1. The van der Waals surface area contributed by atoms with Crippen molar-refractivity contribution in [3.63, 3.8) is 0 Å². The van der Waals surface area contributed by atoms with Crippen LogP contribution >= 0.6 is 0 Å². The third kappa shape index (κ3) is 3.22. The Kier molecular flexibility index (Phi) is 4.14. The molecule has 5 heteroatoms. The number of halogens is 1. The predicted molar refractivity (Wildman–Crippen MR) is 95.3 cm³/mol. The molecule has 1 fully saturated rings. The molecule has 1 aromatic heterocycles. The molecule has 1 amide bonds. The summed E-state index contributed by atoms with van der Waals surface area (Å²) in [4.78, 5) is 14.7. The fourth-order valence-corrected chi connectivity index (χ4v) is 3.37. The van der Waals surface area contributed by atoms with Crippen LogP contribution < -0.4 is 10.2 Å². The maximum atomic E-state index is 13.0. The van der Waals surface area contributed by atoms with Crippen molar-refractivity contribution in [3.05, 3.63) is 66.2 Å². The number of furan rings is 1. The van der Waals surface area contributed by atoms with Crippen molar-refractivity contribution in [2.24, 2.45) is 5.92 Å². The minimum atomic E-state index is -0.223. The largest absolute Gasteiger partial charge is 0.463 e. The normalized spacial score (nSPS) is 17.2. The summed E-state index contributed by atoms with van der Waals surface area (Å²) in [6, 6.07) is 14.1. The van der Waals surface area contributed by atoms with Gasteiger partial charge < -0.3 is 14.6 Å². The molecule has 1 saturated heterocycles. The minimum Gasteiger partial charge on any atom is -0.463 e. The maximum Gasteiger partial charge on any atom is 0.255 e. The van der Waals surface area contributed by atoms with Gasteiger partial charge in [-0.3, -0.25) is 4.79 Å². The molecule has 0 saturated carbocycles. The quantitative estimate of drug-likeness (QED) is 0.786. The van der Waals surface area contributed by atoms with E-state index in [4.69, 9.17) is 4.42 Å². The van der Waals surface area contributed by atoms with Gasteiger partial charge in [-0.05, 0) is 42.7 Å².